The van der Waals surface area contributed by atoms with Crippen LogP contribution in [0.15, 0.2) is 77.3 Å². The Hall–Kier alpha value is -3.57. The summed E-state index contributed by atoms with van der Waals surface area (Å²) in [5.41, 5.74) is 1.25. The smallest absolute Gasteiger partial charge is 0.244 e. The zero-order valence-electron chi connectivity index (χ0n) is 24.8. The summed E-state index contributed by atoms with van der Waals surface area (Å²) < 4.78 is 38.7. The molecule has 1 N–H and O–H groups in total. The summed E-state index contributed by atoms with van der Waals surface area (Å²) in [4.78, 5) is 29.5. The minimum Gasteiger partial charge on any atom is -0.497 e. The number of hydrogen-bond donors (Lipinski definition) is 1. The average molecular weight is 661 g/mol. The molecular weight excluding hydrogens is 622 g/mol. The monoisotopic (exact) mass is 659 g/mol. The van der Waals surface area contributed by atoms with Crippen LogP contribution in [0.1, 0.15) is 31.9 Å². The van der Waals surface area contributed by atoms with Gasteiger partial charge in [0.25, 0.3) is 0 Å². The Balaban J connectivity index is 2.10. The molecule has 0 aliphatic carbocycles. The highest BCUT2D eigenvalue weighted by Crippen LogP contribution is 2.34. The Bertz CT molecular complexity index is 1470. The van der Waals surface area contributed by atoms with Crippen molar-refractivity contribution in [3.63, 3.8) is 0 Å². The van der Waals surface area contributed by atoms with E-state index in [2.05, 4.69) is 21.2 Å². The number of anilines is 1. The highest BCUT2D eigenvalue weighted by molar-refractivity contribution is 9.10. The van der Waals surface area contributed by atoms with E-state index in [9.17, 15) is 18.0 Å². The van der Waals surface area contributed by atoms with Gasteiger partial charge in [0.05, 0.1) is 26.2 Å². The number of halogens is 1. The average Bonchev–Trinajstić information content (AvgIpc) is 2.93. The topological polar surface area (TPSA) is 105 Å². The lowest BCUT2D eigenvalue weighted by molar-refractivity contribution is -0.140. The van der Waals surface area contributed by atoms with Crippen LogP contribution < -0.4 is 19.1 Å². The molecule has 42 heavy (non-hydrogen) atoms. The van der Waals surface area contributed by atoms with Crippen molar-refractivity contribution in [2.45, 2.75) is 45.3 Å². The predicted molar refractivity (Wildman–Crippen MR) is 168 cm³/mol. The molecule has 0 fully saturated rings. The van der Waals surface area contributed by atoms with E-state index in [1.165, 1.54) is 25.2 Å². The number of nitrogens with zero attached hydrogens (tertiary/aromatic N) is 2. The Morgan fingerprint density at radius 1 is 0.929 bits per heavy atom. The van der Waals surface area contributed by atoms with Gasteiger partial charge in [0.1, 0.15) is 24.1 Å². The Labute approximate surface area is 257 Å². The molecule has 0 unspecified atom stereocenters. The summed E-state index contributed by atoms with van der Waals surface area (Å²) >= 11 is 3.44. The molecule has 0 aliphatic heterocycles. The number of sulfonamides is 1. The van der Waals surface area contributed by atoms with Crippen LogP contribution in [0.5, 0.6) is 11.5 Å². The van der Waals surface area contributed by atoms with E-state index in [0.29, 0.717) is 5.75 Å². The van der Waals surface area contributed by atoms with Crippen LogP contribution in [-0.2, 0) is 32.6 Å². The number of amides is 2. The van der Waals surface area contributed by atoms with Crippen molar-refractivity contribution < 1.29 is 27.5 Å². The fraction of sp³-hybridized carbons (Fsp3) is 0.355. The number of ether oxygens (including phenoxy) is 2. The highest BCUT2D eigenvalue weighted by Gasteiger charge is 2.35. The quantitative estimate of drug-likeness (QED) is 0.300. The van der Waals surface area contributed by atoms with Crippen LogP contribution in [0, 0.1) is 0 Å². The zero-order valence-corrected chi connectivity index (χ0v) is 27.2. The van der Waals surface area contributed by atoms with Crippen LogP contribution >= 0.6 is 15.9 Å². The SMILES string of the molecule is COc1ccc(N(CC(=O)N(Cc2ccc(Br)cc2)[C@@H](Cc2ccccc2)C(=O)NC(C)(C)C)S(C)(=O)=O)c(OC)c1. The minimum absolute atomic E-state index is 0.0819. The minimum atomic E-state index is -3.95. The molecule has 1 atom stereocenters. The van der Waals surface area contributed by atoms with Gasteiger partial charge in [0.15, 0.2) is 0 Å². The molecule has 3 aromatic rings. The summed E-state index contributed by atoms with van der Waals surface area (Å²) in [5.74, 6) is -0.205. The van der Waals surface area contributed by atoms with Crippen molar-refractivity contribution in [2.75, 3.05) is 31.3 Å². The molecule has 0 bridgehead atoms. The van der Waals surface area contributed by atoms with E-state index in [0.717, 1.165) is 26.2 Å². The first-order chi connectivity index (χ1) is 19.7. The summed E-state index contributed by atoms with van der Waals surface area (Å²) in [5, 5.41) is 3.01. The van der Waals surface area contributed by atoms with Gasteiger partial charge in [-0.15, -0.1) is 0 Å². The second kappa shape index (κ2) is 14.1. The third-order valence-electron chi connectivity index (χ3n) is 6.37. The Morgan fingerprint density at radius 3 is 2.12 bits per heavy atom. The van der Waals surface area contributed by atoms with Gasteiger partial charge in [-0.2, -0.15) is 0 Å². The molecule has 3 aromatic carbocycles. The van der Waals surface area contributed by atoms with Crippen molar-refractivity contribution in [2.24, 2.45) is 0 Å². The number of nitrogens with one attached hydrogen (secondary N) is 1. The zero-order chi connectivity index (χ0) is 31.1. The predicted octanol–water partition coefficient (Wildman–Crippen LogP) is 4.79. The van der Waals surface area contributed by atoms with E-state index in [1.807, 2.05) is 75.4 Å². The first-order valence-corrected chi connectivity index (χ1v) is 16.0. The maximum Gasteiger partial charge on any atom is 0.244 e. The lowest BCUT2D eigenvalue weighted by Gasteiger charge is -2.35. The standard InChI is InChI=1S/C31H38BrN3O6S/c1-31(2,3)33-30(37)27(18-22-10-8-7-9-11-22)34(20-23-12-14-24(32)15-13-23)29(36)21-35(42(6,38)39)26-17-16-25(40-4)19-28(26)41-5/h7-17,19,27H,18,20-21H2,1-6H3,(H,33,37)/t27-/m0/s1. The molecule has 0 radical (unpaired) electrons. The molecule has 0 saturated carbocycles. The molecule has 11 heteroatoms. The lowest BCUT2D eigenvalue weighted by atomic mass is 10.0. The molecule has 9 nitrogen and oxygen atoms in total. The van der Waals surface area contributed by atoms with Gasteiger partial charge in [0.2, 0.25) is 21.8 Å². The first-order valence-electron chi connectivity index (χ1n) is 13.3. The molecule has 2 amide bonds. The summed E-state index contributed by atoms with van der Waals surface area (Å²) in [6.45, 7) is 5.14. The number of benzene rings is 3. The van der Waals surface area contributed by atoms with Gasteiger partial charge >= 0.3 is 0 Å². The normalized spacial score (nSPS) is 12.3. The maximum absolute atomic E-state index is 14.2. The largest absolute Gasteiger partial charge is 0.497 e. The van der Waals surface area contributed by atoms with Gasteiger partial charge in [-0.05, 0) is 56.2 Å². The van der Waals surface area contributed by atoms with Gasteiger partial charge in [-0.3, -0.25) is 13.9 Å². The molecule has 3 rings (SSSR count). The molecular formula is C31H38BrN3O6S. The second-order valence-corrected chi connectivity index (χ2v) is 13.7. The van der Waals surface area contributed by atoms with Gasteiger partial charge in [0, 0.05) is 29.0 Å². The van der Waals surface area contributed by atoms with Crippen LogP contribution in [0.4, 0.5) is 5.69 Å². The van der Waals surface area contributed by atoms with Crippen LogP contribution in [0.3, 0.4) is 0 Å². The first kappa shape index (κ1) is 32.9. The number of rotatable bonds is 12. The second-order valence-electron chi connectivity index (χ2n) is 10.9. The van der Waals surface area contributed by atoms with Crippen molar-refractivity contribution in [3.8, 4) is 11.5 Å². The number of carbonyl (C=O) groups is 2. The Kier molecular flexibility index (Phi) is 11.0. The summed E-state index contributed by atoms with van der Waals surface area (Å²) in [7, 11) is -1.05. The fourth-order valence-electron chi connectivity index (χ4n) is 4.38. The van der Waals surface area contributed by atoms with E-state index in [-0.39, 0.29) is 30.3 Å². The van der Waals surface area contributed by atoms with Crippen LogP contribution in [0.25, 0.3) is 0 Å². The molecule has 0 heterocycles. The number of carbonyl (C=O) groups excluding carboxylic acids is 2. The molecule has 0 aliphatic rings. The van der Waals surface area contributed by atoms with Crippen LogP contribution in [0.2, 0.25) is 0 Å². The molecule has 0 spiro atoms. The highest BCUT2D eigenvalue weighted by atomic mass is 79.9. The van der Waals surface area contributed by atoms with Crippen LogP contribution in [-0.4, -0.2) is 63.7 Å². The van der Waals surface area contributed by atoms with Crippen molar-refractivity contribution in [1.82, 2.24) is 10.2 Å². The van der Waals surface area contributed by atoms with Crippen molar-refractivity contribution >= 4 is 43.5 Å². The van der Waals surface area contributed by atoms with Gasteiger partial charge in [-0.1, -0.05) is 58.4 Å². The fourth-order valence-corrected chi connectivity index (χ4v) is 5.50. The Morgan fingerprint density at radius 2 is 1.57 bits per heavy atom. The van der Waals surface area contributed by atoms with E-state index < -0.39 is 34.1 Å². The molecule has 0 saturated heterocycles. The van der Waals surface area contributed by atoms with Gasteiger partial charge in [-0.25, -0.2) is 8.42 Å². The molecule has 226 valence electrons. The summed E-state index contributed by atoms with van der Waals surface area (Å²) in [6, 6.07) is 20.6. The van der Waals surface area contributed by atoms with E-state index >= 15 is 0 Å². The van der Waals surface area contributed by atoms with E-state index in [4.69, 9.17) is 9.47 Å². The van der Waals surface area contributed by atoms with Gasteiger partial charge < -0.3 is 19.7 Å². The van der Waals surface area contributed by atoms with Crippen molar-refractivity contribution in [1.29, 1.82) is 0 Å². The lowest BCUT2D eigenvalue weighted by Crippen LogP contribution is -2.56. The number of hydrogen-bond acceptors (Lipinski definition) is 6. The number of methoxy groups -OCH3 is 2. The summed E-state index contributed by atoms with van der Waals surface area (Å²) in [6.07, 6.45) is 1.26. The van der Waals surface area contributed by atoms with Crippen molar-refractivity contribution in [3.05, 3.63) is 88.4 Å². The third kappa shape index (κ3) is 9.22. The maximum atomic E-state index is 14.2. The molecule has 0 aromatic heterocycles. The van der Waals surface area contributed by atoms with E-state index in [1.54, 1.807) is 12.1 Å². The third-order valence-corrected chi connectivity index (χ3v) is 8.03.